The normalized spacial score (nSPS) is 11.0. The van der Waals surface area contributed by atoms with E-state index >= 15 is 0 Å². The van der Waals surface area contributed by atoms with Gasteiger partial charge in [-0.2, -0.15) is 0 Å². The van der Waals surface area contributed by atoms with Gasteiger partial charge in [0.2, 0.25) is 0 Å². The molecular formula is C23H24N4. The van der Waals surface area contributed by atoms with Crippen molar-refractivity contribution in [1.82, 2.24) is 9.55 Å². The maximum atomic E-state index is 4.58. The Bertz CT molecular complexity index is 1070. The summed E-state index contributed by atoms with van der Waals surface area (Å²) < 4.78 is 2.22. The molecule has 2 aromatic carbocycles. The average molecular weight is 356 g/mol. The van der Waals surface area contributed by atoms with Crippen molar-refractivity contribution in [3.63, 3.8) is 0 Å². The first-order valence-electron chi connectivity index (χ1n) is 9.09. The molecule has 4 rings (SSSR count). The molecule has 0 aliphatic heterocycles. The number of nitrogens with zero attached hydrogens (tertiary/aromatic N) is 3. The molecule has 0 atom stereocenters. The van der Waals surface area contributed by atoms with Gasteiger partial charge >= 0.3 is 0 Å². The van der Waals surface area contributed by atoms with Crippen molar-refractivity contribution in [2.24, 2.45) is 7.05 Å². The van der Waals surface area contributed by atoms with Crippen molar-refractivity contribution in [3.05, 3.63) is 72.4 Å². The third-order valence-corrected chi connectivity index (χ3v) is 4.96. The van der Waals surface area contributed by atoms with E-state index in [9.17, 15) is 0 Å². The van der Waals surface area contributed by atoms with Crippen LogP contribution < -0.4 is 10.2 Å². The van der Waals surface area contributed by atoms with E-state index in [0.717, 1.165) is 22.4 Å². The molecule has 27 heavy (non-hydrogen) atoms. The SMILES string of the molecule is Cc1ccc(Nc2nccc3c2cc(-c2ccc(N(C)C)cc2)n3C)cc1. The number of benzene rings is 2. The van der Waals surface area contributed by atoms with Crippen molar-refractivity contribution in [1.29, 1.82) is 0 Å². The number of fused-ring (bicyclic) bond motifs is 1. The Balaban J connectivity index is 1.75. The minimum atomic E-state index is 0.878. The van der Waals surface area contributed by atoms with Crippen molar-refractivity contribution in [3.8, 4) is 11.3 Å². The zero-order valence-electron chi connectivity index (χ0n) is 16.2. The lowest BCUT2D eigenvalue weighted by atomic mass is 10.1. The summed E-state index contributed by atoms with van der Waals surface area (Å²) in [4.78, 5) is 6.69. The van der Waals surface area contributed by atoms with Crippen molar-refractivity contribution < 1.29 is 0 Å². The van der Waals surface area contributed by atoms with Gasteiger partial charge in [-0.3, -0.25) is 0 Å². The molecule has 0 saturated carbocycles. The van der Waals surface area contributed by atoms with Crippen LogP contribution in [0.1, 0.15) is 5.56 Å². The molecule has 0 bridgehead atoms. The molecule has 0 spiro atoms. The standard InChI is InChI=1S/C23H24N4/c1-16-5-9-18(10-6-16)25-23-20-15-22(27(4)21(20)13-14-24-23)17-7-11-19(12-8-17)26(2)3/h5-15H,1-4H3,(H,24,25). The van der Waals surface area contributed by atoms with Gasteiger partial charge < -0.3 is 14.8 Å². The van der Waals surface area contributed by atoms with Crippen molar-refractivity contribution in [2.45, 2.75) is 6.92 Å². The van der Waals surface area contributed by atoms with Gasteiger partial charge in [-0.05, 0) is 48.9 Å². The Hall–Kier alpha value is -3.27. The average Bonchev–Trinajstić information content (AvgIpc) is 3.02. The maximum Gasteiger partial charge on any atom is 0.139 e. The van der Waals surface area contributed by atoms with Crippen molar-refractivity contribution in [2.75, 3.05) is 24.3 Å². The van der Waals surface area contributed by atoms with Gasteiger partial charge in [0.05, 0.1) is 5.52 Å². The summed E-state index contributed by atoms with van der Waals surface area (Å²) in [5, 5.41) is 4.58. The summed E-state index contributed by atoms with van der Waals surface area (Å²) >= 11 is 0. The third kappa shape index (κ3) is 3.26. The van der Waals surface area contributed by atoms with Crippen LogP contribution in [0.15, 0.2) is 66.9 Å². The number of hydrogen-bond acceptors (Lipinski definition) is 3. The smallest absolute Gasteiger partial charge is 0.139 e. The number of aryl methyl sites for hydroxylation is 2. The van der Waals surface area contributed by atoms with Crippen LogP contribution in [0.5, 0.6) is 0 Å². The first-order valence-corrected chi connectivity index (χ1v) is 9.09. The van der Waals surface area contributed by atoms with E-state index in [4.69, 9.17) is 0 Å². The summed E-state index contributed by atoms with van der Waals surface area (Å²) in [7, 11) is 6.22. The molecule has 0 fully saturated rings. The van der Waals surface area contributed by atoms with Crippen LogP contribution >= 0.6 is 0 Å². The molecule has 0 saturated heterocycles. The molecule has 0 aliphatic carbocycles. The third-order valence-electron chi connectivity index (χ3n) is 4.96. The van der Waals surface area contributed by atoms with Gasteiger partial charge in [-0.25, -0.2) is 4.98 Å². The van der Waals surface area contributed by atoms with E-state index in [0.29, 0.717) is 0 Å². The summed E-state index contributed by atoms with van der Waals surface area (Å²) in [6.07, 6.45) is 1.86. The van der Waals surface area contributed by atoms with E-state index in [-0.39, 0.29) is 0 Å². The molecule has 1 N–H and O–H groups in total. The van der Waals surface area contributed by atoms with E-state index in [1.54, 1.807) is 0 Å². The Morgan fingerprint density at radius 1 is 0.926 bits per heavy atom. The zero-order valence-corrected chi connectivity index (χ0v) is 16.2. The number of anilines is 3. The minimum Gasteiger partial charge on any atom is -0.378 e. The molecule has 0 radical (unpaired) electrons. The van der Waals surface area contributed by atoms with Gasteiger partial charge in [0, 0.05) is 49.8 Å². The van der Waals surface area contributed by atoms with Crippen LogP contribution in [-0.2, 0) is 7.05 Å². The molecule has 0 unspecified atom stereocenters. The van der Waals surface area contributed by atoms with E-state index in [1.165, 1.54) is 22.5 Å². The van der Waals surface area contributed by atoms with E-state index < -0.39 is 0 Å². The second kappa shape index (κ2) is 6.80. The topological polar surface area (TPSA) is 33.1 Å². The fourth-order valence-corrected chi connectivity index (χ4v) is 3.34. The fourth-order valence-electron chi connectivity index (χ4n) is 3.34. The highest BCUT2D eigenvalue weighted by Crippen LogP contribution is 2.32. The molecule has 0 aliphatic rings. The summed E-state index contributed by atoms with van der Waals surface area (Å²) in [6.45, 7) is 2.09. The van der Waals surface area contributed by atoms with Gasteiger partial charge in [0.15, 0.2) is 0 Å². The van der Waals surface area contributed by atoms with Gasteiger partial charge in [0.1, 0.15) is 5.82 Å². The molecule has 4 heteroatoms. The van der Waals surface area contributed by atoms with Crippen LogP contribution in [0.4, 0.5) is 17.2 Å². The number of aromatic nitrogens is 2. The number of hydrogen-bond donors (Lipinski definition) is 1. The second-order valence-corrected chi connectivity index (χ2v) is 7.11. The molecule has 2 aromatic heterocycles. The highest BCUT2D eigenvalue weighted by atomic mass is 15.1. The summed E-state index contributed by atoms with van der Waals surface area (Å²) in [5.74, 6) is 0.878. The van der Waals surface area contributed by atoms with E-state index in [1.807, 2.05) is 6.20 Å². The Labute approximate surface area is 160 Å². The van der Waals surface area contributed by atoms with Gasteiger partial charge in [-0.15, -0.1) is 0 Å². The van der Waals surface area contributed by atoms with Crippen LogP contribution in [0.25, 0.3) is 22.2 Å². The summed E-state index contributed by atoms with van der Waals surface area (Å²) in [5.41, 5.74) is 7.01. The molecule has 2 heterocycles. The maximum absolute atomic E-state index is 4.58. The van der Waals surface area contributed by atoms with Crippen molar-refractivity contribution >= 4 is 28.1 Å². The zero-order chi connectivity index (χ0) is 19.0. The predicted octanol–water partition coefficient (Wildman–Crippen LogP) is 5.36. The molecule has 4 nitrogen and oxygen atoms in total. The number of nitrogens with one attached hydrogen (secondary N) is 1. The molecule has 136 valence electrons. The van der Waals surface area contributed by atoms with Crippen LogP contribution in [0, 0.1) is 6.92 Å². The monoisotopic (exact) mass is 356 g/mol. The van der Waals surface area contributed by atoms with Gasteiger partial charge in [0.25, 0.3) is 0 Å². The number of pyridine rings is 1. The summed E-state index contributed by atoms with van der Waals surface area (Å²) in [6, 6.07) is 21.3. The quantitative estimate of drug-likeness (QED) is 0.534. The second-order valence-electron chi connectivity index (χ2n) is 7.11. The van der Waals surface area contributed by atoms with Gasteiger partial charge in [-0.1, -0.05) is 29.8 Å². The minimum absolute atomic E-state index is 0.878. The number of rotatable bonds is 4. The van der Waals surface area contributed by atoms with Crippen LogP contribution in [0.3, 0.4) is 0 Å². The lowest BCUT2D eigenvalue weighted by Gasteiger charge is -2.13. The fraction of sp³-hybridized carbons (Fsp3) is 0.174. The molecule has 4 aromatic rings. The predicted molar refractivity (Wildman–Crippen MR) is 115 cm³/mol. The first kappa shape index (κ1) is 17.2. The largest absolute Gasteiger partial charge is 0.378 e. The lowest BCUT2D eigenvalue weighted by Crippen LogP contribution is -2.08. The Kier molecular flexibility index (Phi) is 4.32. The highest BCUT2D eigenvalue weighted by Gasteiger charge is 2.12. The van der Waals surface area contributed by atoms with E-state index in [2.05, 4.69) is 108 Å². The highest BCUT2D eigenvalue weighted by molar-refractivity contribution is 5.96. The Morgan fingerprint density at radius 3 is 2.30 bits per heavy atom. The lowest BCUT2D eigenvalue weighted by molar-refractivity contribution is 0.977. The first-order chi connectivity index (χ1) is 13.0. The molecular weight excluding hydrogens is 332 g/mol. The van der Waals surface area contributed by atoms with Crippen LogP contribution in [-0.4, -0.2) is 23.6 Å². The van der Waals surface area contributed by atoms with Crippen LogP contribution in [0.2, 0.25) is 0 Å². The Morgan fingerprint density at radius 2 is 1.63 bits per heavy atom. The molecule has 0 amide bonds.